The van der Waals surface area contributed by atoms with E-state index in [0.717, 1.165) is 18.3 Å². The van der Waals surface area contributed by atoms with E-state index in [0.29, 0.717) is 0 Å². The summed E-state index contributed by atoms with van der Waals surface area (Å²) in [5, 5.41) is 0.877. The van der Waals surface area contributed by atoms with Gasteiger partial charge in [-0.3, -0.25) is 4.90 Å². The van der Waals surface area contributed by atoms with Crippen LogP contribution in [0.3, 0.4) is 0 Å². The summed E-state index contributed by atoms with van der Waals surface area (Å²) in [7, 11) is 2.23. The summed E-state index contributed by atoms with van der Waals surface area (Å²) in [5.74, 6) is 0. The molecule has 0 amide bonds. The molecule has 0 aromatic carbocycles. The van der Waals surface area contributed by atoms with Crippen LogP contribution in [-0.4, -0.2) is 66.6 Å². The van der Waals surface area contributed by atoms with Crippen molar-refractivity contribution in [1.29, 1.82) is 0 Å². The van der Waals surface area contributed by atoms with E-state index < -0.39 is 0 Å². The molecule has 0 aliphatic carbocycles. The number of likely N-dealkylation sites (N-methyl/N-ethyl adjacent to an activating group) is 1. The fourth-order valence-corrected chi connectivity index (χ4v) is 4.14. The molecule has 100 valence electrons. The zero-order valence-corrected chi connectivity index (χ0v) is 12.1. The number of nitrogens with zero attached hydrogens (tertiary/aromatic N) is 2. The molecule has 17 heavy (non-hydrogen) atoms. The minimum atomic E-state index is 0.274. The molecule has 2 aliphatic heterocycles. The second-order valence-electron chi connectivity index (χ2n) is 5.69. The molecule has 3 nitrogen and oxygen atoms in total. The molecule has 0 spiro atoms. The van der Waals surface area contributed by atoms with Crippen molar-refractivity contribution in [2.24, 2.45) is 5.73 Å². The van der Waals surface area contributed by atoms with Gasteiger partial charge in [-0.25, -0.2) is 0 Å². The van der Waals surface area contributed by atoms with Crippen molar-refractivity contribution in [2.75, 3.05) is 46.0 Å². The lowest BCUT2D eigenvalue weighted by molar-refractivity contribution is 0.0144. The van der Waals surface area contributed by atoms with Gasteiger partial charge in [-0.05, 0) is 58.6 Å². The molecule has 2 fully saturated rings. The van der Waals surface area contributed by atoms with E-state index in [4.69, 9.17) is 5.73 Å². The van der Waals surface area contributed by atoms with Crippen LogP contribution >= 0.6 is 11.8 Å². The highest BCUT2D eigenvalue weighted by Crippen LogP contribution is 2.31. The van der Waals surface area contributed by atoms with E-state index in [2.05, 4.69) is 23.1 Å². The maximum absolute atomic E-state index is 6.12. The molecule has 0 aromatic heterocycles. The zero-order chi connectivity index (χ0) is 12.3. The largest absolute Gasteiger partial charge is 0.329 e. The van der Waals surface area contributed by atoms with Crippen molar-refractivity contribution in [3.63, 3.8) is 0 Å². The molecule has 0 radical (unpaired) electrons. The molecule has 0 aromatic rings. The fourth-order valence-electron chi connectivity index (χ4n) is 3.46. The van der Waals surface area contributed by atoms with E-state index in [9.17, 15) is 0 Å². The van der Waals surface area contributed by atoms with Crippen molar-refractivity contribution in [1.82, 2.24) is 9.80 Å². The Morgan fingerprint density at radius 2 is 2.00 bits per heavy atom. The fraction of sp³-hybridized carbons (Fsp3) is 1.00. The Bertz CT molecular complexity index is 241. The molecule has 2 saturated heterocycles. The monoisotopic (exact) mass is 257 g/mol. The molecule has 4 heteroatoms. The number of piperidine rings is 2. The second kappa shape index (κ2) is 5.91. The molecule has 1 atom stereocenters. The Balaban J connectivity index is 1.98. The number of nitrogens with two attached hydrogens (primary N) is 1. The Labute approximate surface area is 110 Å². The van der Waals surface area contributed by atoms with E-state index in [1.807, 2.05) is 11.8 Å². The summed E-state index contributed by atoms with van der Waals surface area (Å²) in [6.45, 7) is 5.71. The van der Waals surface area contributed by atoms with Crippen molar-refractivity contribution in [2.45, 2.75) is 36.5 Å². The summed E-state index contributed by atoms with van der Waals surface area (Å²) in [6.07, 6.45) is 7.51. The van der Waals surface area contributed by atoms with Gasteiger partial charge in [0.25, 0.3) is 0 Å². The van der Waals surface area contributed by atoms with Crippen LogP contribution in [0.1, 0.15) is 25.7 Å². The molecular weight excluding hydrogens is 230 g/mol. The third-order valence-corrected chi connectivity index (χ3v) is 5.71. The molecule has 2 rings (SSSR count). The SMILES string of the molecule is CSC1CCN(C2(CN)CCCN(C)C2)CC1. The van der Waals surface area contributed by atoms with Gasteiger partial charge in [-0.2, -0.15) is 11.8 Å². The molecule has 2 aliphatic rings. The van der Waals surface area contributed by atoms with Crippen LogP contribution in [0.15, 0.2) is 0 Å². The van der Waals surface area contributed by atoms with Crippen molar-refractivity contribution >= 4 is 11.8 Å². The van der Waals surface area contributed by atoms with Crippen LogP contribution in [0.4, 0.5) is 0 Å². The van der Waals surface area contributed by atoms with Crippen molar-refractivity contribution in [3.8, 4) is 0 Å². The maximum atomic E-state index is 6.12. The van der Waals surface area contributed by atoms with E-state index in [-0.39, 0.29) is 5.54 Å². The molecule has 0 saturated carbocycles. The van der Waals surface area contributed by atoms with Gasteiger partial charge < -0.3 is 10.6 Å². The van der Waals surface area contributed by atoms with Gasteiger partial charge in [0.2, 0.25) is 0 Å². The van der Waals surface area contributed by atoms with Crippen LogP contribution < -0.4 is 5.73 Å². The first kappa shape index (κ1) is 13.7. The molecule has 1 unspecified atom stereocenters. The normalized spacial score (nSPS) is 34.1. The Morgan fingerprint density at radius 1 is 1.29 bits per heavy atom. The number of rotatable bonds is 3. The van der Waals surface area contributed by atoms with Gasteiger partial charge in [0.05, 0.1) is 0 Å². The predicted octanol–water partition coefficient (Wildman–Crippen LogP) is 1.24. The minimum Gasteiger partial charge on any atom is -0.329 e. The average Bonchev–Trinajstić information content (AvgIpc) is 2.38. The Kier molecular flexibility index (Phi) is 4.75. The third kappa shape index (κ3) is 2.98. The highest BCUT2D eigenvalue weighted by molar-refractivity contribution is 7.99. The quantitative estimate of drug-likeness (QED) is 0.824. The van der Waals surface area contributed by atoms with Gasteiger partial charge in [0.15, 0.2) is 0 Å². The lowest BCUT2D eigenvalue weighted by atomic mass is 9.85. The van der Waals surface area contributed by atoms with E-state index in [1.165, 1.54) is 45.3 Å². The Hall–Kier alpha value is 0.230. The van der Waals surface area contributed by atoms with Crippen LogP contribution in [-0.2, 0) is 0 Å². The van der Waals surface area contributed by atoms with Gasteiger partial charge in [0, 0.05) is 23.9 Å². The summed E-state index contributed by atoms with van der Waals surface area (Å²) in [4.78, 5) is 5.15. The average molecular weight is 257 g/mol. The molecule has 0 bridgehead atoms. The zero-order valence-electron chi connectivity index (χ0n) is 11.3. The van der Waals surface area contributed by atoms with Crippen LogP contribution in [0.25, 0.3) is 0 Å². The minimum absolute atomic E-state index is 0.274. The summed E-state index contributed by atoms with van der Waals surface area (Å²) >= 11 is 2.03. The van der Waals surface area contributed by atoms with Gasteiger partial charge in [-0.1, -0.05) is 0 Å². The summed E-state index contributed by atoms with van der Waals surface area (Å²) in [5.41, 5.74) is 6.40. The second-order valence-corrected chi connectivity index (χ2v) is 6.83. The van der Waals surface area contributed by atoms with Crippen LogP contribution in [0, 0.1) is 0 Å². The number of likely N-dealkylation sites (tertiary alicyclic amines) is 2. The van der Waals surface area contributed by atoms with E-state index in [1.54, 1.807) is 0 Å². The molecule has 2 heterocycles. The first-order chi connectivity index (χ1) is 8.20. The lowest BCUT2D eigenvalue weighted by Crippen LogP contribution is -2.63. The standard InChI is InChI=1S/C13H27N3S/c1-15-7-3-6-13(10-14,11-15)16-8-4-12(17-2)5-9-16/h12H,3-11,14H2,1-2H3. The highest BCUT2D eigenvalue weighted by atomic mass is 32.2. The summed E-state index contributed by atoms with van der Waals surface area (Å²) in [6, 6.07) is 0. The molecular formula is C13H27N3S. The van der Waals surface area contributed by atoms with Gasteiger partial charge >= 0.3 is 0 Å². The first-order valence-corrected chi connectivity index (χ1v) is 8.15. The maximum Gasteiger partial charge on any atom is 0.0458 e. The van der Waals surface area contributed by atoms with E-state index >= 15 is 0 Å². The number of hydrogen-bond acceptors (Lipinski definition) is 4. The third-order valence-electron chi connectivity index (χ3n) is 4.57. The number of hydrogen-bond donors (Lipinski definition) is 1. The Morgan fingerprint density at radius 3 is 2.53 bits per heavy atom. The van der Waals surface area contributed by atoms with Crippen molar-refractivity contribution in [3.05, 3.63) is 0 Å². The number of thioether (sulfide) groups is 1. The predicted molar refractivity (Wildman–Crippen MR) is 76.6 cm³/mol. The first-order valence-electron chi connectivity index (χ1n) is 6.87. The lowest BCUT2D eigenvalue weighted by Gasteiger charge is -2.50. The smallest absolute Gasteiger partial charge is 0.0458 e. The van der Waals surface area contributed by atoms with Gasteiger partial charge in [0.1, 0.15) is 0 Å². The van der Waals surface area contributed by atoms with Crippen LogP contribution in [0.5, 0.6) is 0 Å². The molecule has 2 N–H and O–H groups in total. The summed E-state index contributed by atoms with van der Waals surface area (Å²) < 4.78 is 0. The highest BCUT2D eigenvalue weighted by Gasteiger charge is 2.39. The van der Waals surface area contributed by atoms with Crippen molar-refractivity contribution < 1.29 is 0 Å². The van der Waals surface area contributed by atoms with Crippen LogP contribution in [0.2, 0.25) is 0 Å². The van der Waals surface area contributed by atoms with Gasteiger partial charge in [-0.15, -0.1) is 0 Å². The topological polar surface area (TPSA) is 32.5 Å².